The van der Waals surface area contributed by atoms with Crippen molar-refractivity contribution in [1.29, 1.82) is 0 Å². The van der Waals surface area contributed by atoms with E-state index < -0.39 is 10.0 Å². The molecule has 0 unspecified atom stereocenters. The molecule has 4 nitrogen and oxygen atoms in total. The SMILES string of the molecule is CCCc1ccc(S(=O)(=O)NC2CCC(O)CC2)cc1. The molecule has 2 rings (SSSR count). The Morgan fingerprint density at radius 1 is 1.15 bits per heavy atom. The van der Waals surface area contributed by atoms with Gasteiger partial charge in [-0.3, -0.25) is 0 Å². The summed E-state index contributed by atoms with van der Waals surface area (Å²) >= 11 is 0. The minimum absolute atomic E-state index is 0.0567. The van der Waals surface area contributed by atoms with Gasteiger partial charge in [0.25, 0.3) is 0 Å². The van der Waals surface area contributed by atoms with Crippen LogP contribution in [0, 0.1) is 0 Å². The van der Waals surface area contributed by atoms with E-state index in [2.05, 4.69) is 11.6 Å². The largest absolute Gasteiger partial charge is 0.393 e. The maximum Gasteiger partial charge on any atom is 0.240 e. The Bertz CT molecular complexity index is 517. The van der Waals surface area contributed by atoms with Crippen LogP contribution in [0.5, 0.6) is 0 Å². The number of rotatable bonds is 5. The van der Waals surface area contributed by atoms with Gasteiger partial charge in [-0.05, 0) is 49.8 Å². The molecule has 0 spiro atoms. The molecule has 1 aromatic rings. The van der Waals surface area contributed by atoms with E-state index in [1.807, 2.05) is 12.1 Å². The van der Waals surface area contributed by atoms with Crippen molar-refractivity contribution in [2.45, 2.75) is 62.5 Å². The summed E-state index contributed by atoms with van der Waals surface area (Å²) in [6.45, 7) is 2.10. The zero-order valence-corrected chi connectivity index (χ0v) is 12.7. The van der Waals surface area contributed by atoms with Crippen LogP contribution >= 0.6 is 0 Å². The summed E-state index contributed by atoms with van der Waals surface area (Å²) in [7, 11) is -3.44. The second kappa shape index (κ2) is 6.70. The summed E-state index contributed by atoms with van der Waals surface area (Å²) in [6, 6.07) is 7.04. The molecule has 1 aromatic carbocycles. The number of hydrogen-bond donors (Lipinski definition) is 2. The molecule has 0 aliphatic heterocycles. The zero-order chi connectivity index (χ0) is 14.6. The fourth-order valence-corrected chi connectivity index (χ4v) is 3.91. The van der Waals surface area contributed by atoms with E-state index >= 15 is 0 Å². The molecule has 5 heteroatoms. The Morgan fingerprint density at radius 3 is 2.30 bits per heavy atom. The van der Waals surface area contributed by atoms with Crippen molar-refractivity contribution in [3.63, 3.8) is 0 Å². The first-order valence-electron chi connectivity index (χ1n) is 7.30. The maximum absolute atomic E-state index is 12.3. The zero-order valence-electron chi connectivity index (χ0n) is 11.9. The van der Waals surface area contributed by atoms with E-state index in [9.17, 15) is 13.5 Å². The summed E-state index contributed by atoms with van der Waals surface area (Å²) in [5, 5.41) is 9.45. The fraction of sp³-hybridized carbons (Fsp3) is 0.600. The van der Waals surface area contributed by atoms with Crippen molar-refractivity contribution in [3.8, 4) is 0 Å². The molecule has 2 N–H and O–H groups in total. The van der Waals surface area contributed by atoms with Crippen molar-refractivity contribution in [1.82, 2.24) is 4.72 Å². The minimum Gasteiger partial charge on any atom is -0.393 e. The molecule has 0 radical (unpaired) electrons. The lowest BCUT2D eigenvalue weighted by molar-refractivity contribution is 0.120. The Morgan fingerprint density at radius 2 is 1.75 bits per heavy atom. The maximum atomic E-state index is 12.3. The van der Waals surface area contributed by atoms with Gasteiger partial charge in [0.1, 0.15) is 0 Å². The average Bonchev–Trinajstić information content (AvgIpc) is 2.42. The van der Waals surface area contributed by atoms with Gasteiger partial charge in [0.2, 0.25) is 10.0 Å². The van der Waals surface area contributed by atoms with Gasteiger partial charge in [0, 0.05) is 6.04 Å². The van der Waals surface area contributed by atoms with Crippen molar-refractivity contribution in [2.75, 3.05) is 0 Å². The standard InChI is InChI=1S/C15H23NO3S/c1-2-3-12-4-10-15(11-5-12)20(18,19)16-13-6-8-14(17)9-7-13/h4-5,10-11,13-14,16-17H,2-3,6-9H2,1H3. The number of aryl methyl sites for hydroxylation is 1. The second-order valence-electron chi connectivity index (χ2n) is 5.52. The molecule has 0 aromatic heterocycles. The second-order valence-corrected chi connectivity index (χ2v) is 7.23. The van der Waals surface area contributed by atoms with E-state index in [1.165, 1.54) is 0 Å². The highest BCUT2D eigenvalue weighted by atomic mass is 32.2. The molecule has 20 heavy (non-hydrogen) atoms. The van der Waals surface area contributed by atoms with Crippen molar-refractivity contribution >= 4 is 10.0 Å². The summed E-state index contributed by atoms with van der Waals surface area (Å²) in [4.78, 5) is 0.323. The number of aliphatic hydroxyl groups is 1. The van der Waals surface area contributed by atoms with Gasteiger partial charge in [-0.15, -0.1) is 0 Å². The van der Waals surface area contributed by atoms with E-state index in [0.29, 0.717) is 30.6 Å². The third kappa shape index (κ3) is 4.04. The molecule has 1 aliphatic rings. The highest BCUT2D eigenvalue weighted by Gasteiger charge is 2.24. The van der Waals surface area contributed by atoms with Crippen molar-refractivity contribution in [2.24, 2.45) is 0 Å². The van der Waals surface area contributed by atoms with Gasteiger partial charge >= 0.3 is 0 Å². The summed E-state index contributed by atoms with van der Waals surface area (Å²) in [5.41, 5.74) is 1.16. The molecule has 0 heterocycles. The Hall–Kier alpha value is -0.910. The van der Waals surface area contributed by atoms with Gasteiger partial charge in [0.15, 0.2) is 0 Å². The fourth-order valence-electron chi connectivity index (χ4n) is 2.61. The molecule has 1 saturated carbocycles. The topological polar surface area (TPSA) is 66.4 Å². The highest BCUT2D eigenvalue weighted by molar-refractivity contribution is 7.89. The lowest BCUT2D eigenvalue weighted by atomic mass is 9.94. The van der Waals surface area contributed by atoms with E-state index in [0.717, 1.165) is 18.4 Å². The molecule has 112 valence electrons. The van der Waals surface area contributed by atoms with Crippen LogP contribution in [0.25, 0.3) is 0 Å². The van der Waals surface area contributed by atoms with E-state index in [1.54, 1.807) is 12.1 Å². The summed E-state index contributed by atoms with van der Waals surface area (Å²) in [5.74, 6) is 0. The van der Waals surface area contributed by atoms with Crippen LogP contribution in [0.4, 0.5) is 0 Å². The van der Waals surface area contributed by atoms with Gasteiger partial charge in [0.05, 0.1) is 11.0 Å². The molecule has 0 atom stereocenters. The lowest BCUT2D eigenvalue weighted by Crippen LogP contribution is -2.38. The Kier molecular flexibility index (Phi) is 5.18. The quantitative estimate of drug-likeness (QED) is 0.876. The summed E-state index contributed by atoms with van der Waals surface area (Å²) < 4.78 is 27.3. The number of hydrogen-bond acceptors (Lipinski definition) is 3. The van der Waals surface area contributed by atoms with Gasteiger partial charge in [-0.1, -0.05) is 25.5 Å². The molecular weight excluding hydrogens is 274 g/mol. The van der Waals surface area contributed by atoms with Crippen LogP contribution in [0.3, 0.4) is 0 Å². The number of nitrogens with one attached hydrogen (secondary N) is 1. The van der Waals surface area contributed by atoms with E-state index in [-0.39, 0.29) is 12.1 Å². The lowest BCUT2D eigenvalue weighted by Gasteiger charge is -2.26. The third-order valence-corrected chi connectivity index (χ3v) is 5.33. The monoisotopic (exact) mass is 297 g/mol. The van der Waals surface area contributed by atoms with E-state index in [4.69, 9.17) is 0 Å². The van der Waals surface area contributed by atoms with Crippen LogP contribution in [0.2, 0.25) is 0 Å². The van der Waals surface area contributed by atoms with Gasteiger partial charge < -0.3 is 5.11 Å². The summed E-state index contributed by atoms with van der Waals surface area (Å²) in [6.07, 6.45) is 4.49. The van der Waals surface area contributed by atoms with Gasteiger partial charge in [-0.25, -0.2) is 13.1 Å². The average molecular weight is 297 g/mol. The van der Waals surface area contributed by atoms with Crippen molar-refractivity contribution in [3.05, 3.63) is 29.8 Å². The molecule has 1 fully saturated rings. The van der Waals surface area contributed by atoms with Gasteiger partial charge in [-0.2, -0.15) is 0 Å². The van der Waals surface area contributed by atoms with Crippen molar-refractivity contribution < 1.29 is 13.5 Å². The highest BCUT2D eigenvalue weighted by Crippen LogP contribution is 2.20. The van der Waals surface area contributed by atoms with Crippen LogP contribution < -0.4 is 4.72 Å². The molecule has 1 aliphatic carbocycles. The minimum atomic E-state index is -3.44. The Balaban J connectivity index is 2.02. The molecule has 0 saturated heterocycles. The number of benzene rings is 1. The van der Waals surface area contributed by atoms with Crippen LogP contribution in [0.15, 0.2) is 29.2 Å². The van der Waals surface area contributed by atoms with Crippen LogP contribution in [0.1, 0.15) is 44.6 Å². The number of sulfonamides is 1. The normalized spacial score (nSPS) is 23.7. The van der Waals surface area contributed by atoms with Crippen LogP contribution in [-0.4, -0.2) is 25.7 Å². The smallest absolute Gasteiger partial charge is 0.240 e. The van der Waals surface area contributed by atoms with Crippen LogP contribution in [-0.2, 0) is 16.4 Å². The first-order valence-corrected chi connectivity index (χ1v) is 8.79. The first-order chi connectivity index (χ1) is 9.51. The molecule has 0 amide bonds. The predicted octanol–water partition coefficient (Wildman–Crippen LogP) is 2.22. The predicted molar refractivity (Wildman–Crippen MR) is 79.0 cm³/mol. The Labute approximate surface area is 121 Å². The molecular formula is C15H23NO3S. The molecule has 0 bridgehead atoms. The number of aliphatic hydroxyl groups excluding tert-OH is 1. The first kappa shape index (κ1) is 15.5. The third-order valence-electron chi connectivity index (χ3n) is 3.79.